The SMILES string of the molecule is C=P(C)(C)CC1CCC(c2ccc(C)cc2)CC1. The Balaban J connectivity index is 1.90. The molecule has 0 heterocycles. The van der Waals surface area contributed by atoms with Crippen molar-refractivity contribution in [2.45, 2.75) is 38.5 Å². The Bertz CT molecular complexity index is 415. The van der Waals surface area contributed by atoms with Gasteiger partial charge in [-0.25, -0.2) is 0 Å². The van der Waals surface area contributed by atoms with Crippen LogP contribution in [0, 0.1) is 12.8 Å². The monoisotopic (exact) mass is 262 g/mol. The average molecular weight is 262 g/mol. The molecule has 0 aliphatic heterocycles. The standard InChI is InChI=1S/C17H27P/c1-14-5-9-16(10-6-14)17-11-7-15(8-12-17)13-18(2,3)4/h5-6,9-10,15,17H,2,7-8,11-13H2,1,3-4H3. The largest absolute Gasteiger partial charge is 0.118 e. The van der Waals surface area contributed by atoms with Crippen LogP contribution in [0.1, 0.15) is 42.7 Å². The van der Waals surface area contributed by atoms with Crippen LogP contribution in [0.4, 0.5) is 0 Å². The molecule has 0 nitrogen and oxygen atoms in total. The molecule has 1 aliphatic carbocycles. The molecule has 0 saturated heterocycles. The quantitative estimate of drug-likeness (QED) is 0.674. The van der Waals surface area contributed by atoms with Crippen molar-refractivity contribution in [3.63, 3.8) is 0 Å². The van der Waals surface area contributed by atoms with Crippen LogP contribution in [0.2, 0.25) is 0 Å². The van der Waals surface area contributed by atoms with Gasteiger partial charge in [0.2, 0.25) is 0 Å². The van der Waals surface area contributed by atoms with Crippen LogP contribution in [-0.4, -0.2) is 25.8 Å². The smallest absolute Gasteiger partial charge is 0.0162 e. The zero-order valence-corrected chi connectivity index (χ0v) is 13.0. The molecule has 0 radical (unpaired) electrons. The van der Waals surface area contributed by atoms with Gasteiger partial charge in [0.1, 0.15) is 0 Å². The summed E-state index contributed by atoms with van der Waals surface area (Å²) >= 11 is 0. The molecule has 1 fully saturated rings. The molecule has 0 N–H and O–H groups in total. The minimum atomic E-state index is -0.832. The van der Waals surface area contributed by atoms with Gasteiger partial charge in [0.05, 0.1) is 0 Å². The third-order valence-electron chi connectivity index (χ3n) is 4.15. The van der Waals surface area contributed by atoms with E-state index in [9.17, 15) is 0 Å². The minimum absolute atomic E-state index is 0.813. The summed E-state index contributed by atoms with van der Waals surface area (Å²) in [5, 5.41) is 0. The molecular formula is C17H27P. The third kappa shape index (κ3) is 4.02. The van der Waals surface area contributed by atoms with Crippen molar-refractivity contribution in [3.05, 3.63) is 35.4 Å². The fraction of sp³-hybridized carbons (Fsp3) is 0.588. The van der Waals surface area contributed by atoms with E-state index in [0.717, 1.165) is 11.8 Å². The molecule has 0 bridgehead atoms. The topological polar surface area (TPSA) is 0 Å². The van der Waals surface area contributed by atoms with E-state index < -0.39 is 6.89 Å². The highest BCUT2D eigenvalue weighted by Gasteiger charge is 2.23. The van der Waals surface area contributed by atoms with Gasteiger partial charge in [-0.05, 0) is 69.5 Å². The maximum absolute atomic E-state index is 4.36. The van der Waals surface area contributed by atoms with Crippen LogP contribution in [0.25, 0.3) is 0 Å². The van der Waals surface area contributed by atoms with Crippen LogP contribution in [0.3, 0.4) is 0 Å². The lowest BCUT2D eigenvalue weighted by Gasteiger charge is -2.31. The van der Waals surface area contributed by atoms with Crippen molar-refractivity contribution in [1.82, 2.24) is 0 Å². The van der Waals surface area contributed by atoms with Gasteiger partial charge in [-0.3, -0.25) is 0 Å². The van der Waals surface area contributed by atoms with Gasteiger partial charge in [0.15, 0.2) is 0 Å². The molecule has 1 heteroatoms. The Morgan fingerprint density at radius 3 is 2.11 bits per heavy atom. The molecule has 1 aliphatic rings. The van der Waals surface area contributed by atoms with Crippen molar-refractivity contribution in [3.8, 4) is 0 Å². The van der Waals surface area contributed by atoms with Crippen LogP contribution in [-0.2, 0) is 0 Å². The first-order valence-corrected chi connectivity index (χ1v) is 10.2. The lowest BCUT2D eigenvalue weighted by molar-refractivity contribution is 0.351. The second-order valence-electron chi connectivity index (χ2n) is 6.75. The number of hydrogen-bond acceptors (Lipinski definition) is 0. The molecule has 0 atom stereocenters. The molecule has 0 unspecified atom stereocenters. The molecule has 1 aromatic carbocycles. The number of rotatable bonds is 3. The van der Waals surface area contributed by atoms with E-state index in [1.54, 1.807) is 5.56 Å². The Labute approximate surface area is 113 Å². The van der Waals surface area contributed by atoms with Crippen LogP contribution in [0.5, 0.6) is 0 Å². The van der Waals surface area contributed by atoms with E-state index in [0.29, 0.717) is 0 Å². The van der Waals surface area contributed by atoms with Gasteiger partial charge in [0, 0.05) is 0 Å². The normalized spacial score (nSPS) is 25.1. The molecule has 100 valence electrons. The highest BCUT2D eigenvalue weighted by molar-refractivity contribution is 7.72. The summed E-state index contributed by atoms with van der Waals surface area (Å²) < 4.78 is 0. The zero-order chi connectivity index (χ0) is 13.2. The van der Waals surface area contributed by atoms with Crippen molar-refractivity contribution >= 4 is 13.2 Å². The highest BCUT2D eigenvalue weighted by atomic mass is 31.2. The van der Waals surface area contributed by atoms with Crippen molar-refractivity contribution in [2.75, 3.05) is 19.5 Å². The van der Waals surface area contributed by atoms with Gasteiger partial charge in [-0.2, -0.15) is 0 Å². The number of hydrogen-bond donors (Lipinski definition) is 0. The molecule has 18 heavy (non-hydrogen) atoms. The van der Waals surface area contributed by atoms with E-state index in [2.05, 4.69) is 50.8 Å². The molecule has 1 saturated carbocycles. The average Bonchev–Trinajstić information content (AvgIpc) is 2.29. The second-order valence-corrected chi connectivity index (χ2v) is 11.0. The van der Waals surface area contributed by atoms with Crippen molar-refractivity contribution in [2.24, 2.45) is 5.92 Å². The maximum atomic E-state index is 4.36. The van der Waals surface area contributed by atoms with Gasteiger partial charge in [-0.15, -0.1) is 13.2 Å². The van der Waals surface area contributed by atoms with Gasteiger partial charge < -0.3 is 0 Å². The molecule has 1 aromatic rings. The fourth-order valence-corrected chi connectivity index (χ4v) is 4.98. The molecule has 0 amide bonds. The van der Waals surface area contributed by atoms with Crippen LogP contribution < -0.4 is 0 Å². The lowest BCUT2D eigenvalue weighted by Crippen LogP contribution is -2.16. The summed E-state index contributed by atoms with van der Waals surface area (Å²) in [5.74, 6) is 1.76. The van der Waals surface area contributed by atoms with E-state index in [-0.39, 0.29) is 0 Å². The Morgan fingerprint density at radius 2 is 1.61 bits per heavy atom. The summed E-state index contributed by atoms with van der Waals surface area (Å²) in [6, 6.07) is 9.18. The molecule has 0 aromatic heterocycles. The molecular weight excluding hydrogens is 235 g/mol. The summed E-state index contributed by atoms with van der Waals surface area (Å²) in [7, 11) is 0. The summed E-state index contributed by atoms with van der Waals surface area (Å²) in [6.45, 7) is 6.08. The summed E-state index contributed by atoms with van der Waals surface area (Å²) in [6.07, 6.45) is 11.4. The van der Waals surface area contributed by atoms with E-state index in [1.165, 1.54) is 37.4 Å². The third-order valence-corrected chi connectivity index (χ3v) is 5.65. The summed E-state index contributed by atoms with van der Waals surface area (Å²) in [5.41, 5.74) is 2.93. The van der Waals surface area contributed by atoms with Crippen LogP contribution >= 0.6 is 6.89 Å². The van der Waals surface area contributed by atoms with Gasteiger partial charge >= 0.3 is 0 Å². The Morgan fingerprint density at radius 1 is 1.06 bits per heavy atom. The lowest BCUT2D eigenvalue weighted by atomic mass is 9.79. The highest BCUT2D eigenvalue weighted by Crippen LogP contribution is 2.44. The first-order valence-electron chi connectivity index (χ1n) is 7.18. The minimum Gasteiger partial charge on any atom is -0.118 e. The predicted octanol–water partition coefficient (Wildman–Crippen LogP) is 4.98. The predicted molar refractivity (Wildman–Crippen MR) is 86.6 cm³/mol. The number of aryl methyl sites for hydroxylation is 1. The molecule has 2 rings (SSSR count). The Hall–Kier alpha value is -0.480. The summed E-state index contributed by atoms with van der Waals surface area (Å²) in [4.78, 5) is 0. The van der Waals surface area contributed by atoms with E-state index in [4.69, 9.17) is 0 Å². The fourth-order valence-electron chi connectivity index (χ4n) is 3.22. The van der Waals surface area contributed by atoms with E-state index in [1.807, 2.05) is 0 Å². The van der Waals surface area contributed by atoms with Crippen molar-refractivity contribution in [1.29, 1.82) is 0 Å². The Kier molecular flexibility index (Phi) is 4.38. The van der Waals surface area contributed by atoms with Crippen molar-refractivity contribution < 1.29 is 0 Å². The first kappa shape index (κ1) is 13.9. The number of benzene rings is 1. The first-order chi connectivity index (χ1) is 8.44. The second kappa shape index (κ2) is 5.66. The van der Waals surface area contributed by atoms with E-state index >= 15 is 0 Å². The van der Waals surface area contributed by atoms with Crippen LogP contribution in [0.15, 0.2) is 24.3 Å². The van der Waals surface area contributed by atoms with Gasteiger partial charge in [0.25, 0.3) is 0 Å². The zero-order valence-electron chi connectivity index (χ0n) is 12.2. The maximum Gasteiger partial charge on any atom is -0.0162 e. The molecule has 0 spiro atoms. The van der Waals surface area contributed by atoms with Gasteiger partial charge in [-0.1, -0.05) is 29.8 Å².